The summed E-state index contributed by atoms with van der Waals surface area (Å²) in [4.78, 5) is 21.7. The number of ether oxygens (including phenoxy) is 3. The Morgan fingerprint density at radius 3 is 2.68 bits per heavy atom. The average molecular weight is 376 g/mol. The molecule has 1 aromatic carbocycles. The number of carbonyl (C=O) groups is 2. The first-order valence-electron chi connectivity index (χ1n) is 5.33. The third kappa shape index (κ3) is 4.23. The maximum absolute atomic E-state index is 10.9. The zero-order valence-corrected chi connectivity index (χ0v) is 12.7. The van der Waals surface area contributed by atoms with E-state index in [9.17, 15) is 9.59 Å². The molecule has 1 rings (SSSR count). The molecule has 0 radical (unpaired) electrons. The maximum atomic E-state index is 10.9. The second-order valence-electron chi connectivity index (χ2n) is 3.35. The lowest BCUT2D eigenvalue weighted by Gasteiger charge is -2.12. The van der Waals surface area contributed by atoms with Crippen molar-refractivity contribution in [3.05, 3.63) is 33.4 Å². The molecule has 0 heterocycles. The fourth-order valence-corrected chi connectivity index (χ4v) is 2.01. The summed E-state index contributed by atoms with van der Waals surface area (Å²) in [5.41, 5.74) is 0.522. The fraction of sp³-hybridized carbons (Fsp3) is 0.231. The minimum Gasteiger partial charge on any atom is -0.493 e. The van der Waals surface area contributed by atoms with Crippen molar-refractivity contribution in [3.63, 3.8) is 0 Å². The summed E-state index contributed by atoms with van der Waals surface area (Å²) in [6.07, 6.45) is 3.54. The highest BCUT2D eigenvalue weighted by atomic mass is 127. The number of hydrogen-bond donors (Lipinski definition) is 0. The minimum absolute atomic E-state index is 0.170. The molecule has 0 atom stereocenters. The van der Waals surface area contributed by atoms with Gasteiger partial charge in [0.05, 0.1) is 17.8 Å². The van der Waals surface area contributed by atoms with Gasteiger partial charge in [0.15, 0.2) is 17.8 Å². The van der Waals surface area contributed by atoms with Crippen molar-refractivity contribution >= 4 is 34.8 Å². The molecular formula is C13H13IO5. The van der Waals surface area contributed by atoms with Crippen LogP contribution in [0, 0.1) is 3.57 Å². The van der Waals surface area contributed by atoms with E-state index in [1.54, 1.807) is 12.1 Å². The van der Waals surface area contributed by atoms with Gasteiger partial charge in [-0.25, -0.2) is 4.79 Å². The third-order valence-corrected chi connectivity index (χ3v) is 3.33. The SMILES string of the molecule is COC(=O)/C=C/COc1c(OC)ccc(C=O)c1I. The molecule has 0 aliphatic rings. The number of rotatable bonds is 6. The highest BCUT2D eigenvalue weighted by molar-refractivity contribution is 14.1. The van der Waals surface area contributed by atoms with Gasteiger partial charge in [0.2, 0.25) is 0 Å². The van der Waals surface area contributed by atoms with E-state index < -0.39 is 5.97 Å². The molecule has 0 spiro atoms. The van der Waals surface area contributed by atoms with Gasteiger partial charge in [-0.1, -0.05) is 0 Å². The van der Waals surface area contributed by atoms with Crippen molar-refractivity contribution in [3.8, 4) is 11.5 Å². The molecule has 0 saturated carbocycles. The summed E-state index contributed by atoms with van der Waals surface area (Å²) in [6, 6.07) is 3.32. The monoisotopic (exact) mass is 376 g/mol. The second kappa shape index (κ2) is 7.78. The van der Waals surface area contributed by atoms with Gasteiger partial charge in [0, 0.05) is 11.6 Å². The van der Waals surface area contributed by atoms with Crippen LogP contribution in [0.5, 0.6) is 11.5 Å². The van der Waals surface area contributed by atoms with Gasteiger partial charge in [0.25, 0.3) is 0 Å². The van der Waals surface area contributed by atoms with Crippen molar-refractivity contribution in [2.75, 3.05) is 20.8 Å². The van der Waals surface area contributed by atoms with Gasteiger partial charge in [-0.15, -0.1) is 0 Å². The second-order valence-corrected chi connectivity index (χ2v) is 4.43. The van der Waals surface area contributed by atoms with Crippen LogP contribution in [0.4, 0.5) is 0 Å². The lowest BCUT2D eigenvalue weighted by atomic mass is 10.2. The maximum Gasteiger partial charge on any atom is 0.330 e. The lowest BCUT2D eigenvalue weighted by Crippen LogP contribution is -2.02. The molecule has 6 heteroatoms. The van der Waals surface area contributed by atoms with E-state index in [2.05, 4.69) is 4.74 Å². The van der Waals surface area contributed by atoms with Crippen molar-refractivity contribution in [2.24, 2.45) is 0 Å². The molecule has 0 aliphatic carbocycles. The predicted molar refractivity (Wildman–Crippen MR) is 77.7 cm³/mol. The zero-order valence-electron chi connectivity index (χ0n) is 10.5. The Balaban J connectivity index is 2.84. The first kappa shape index (κ1) is 15.5. The van der Waals surface area contributed by atoms with Crippen LogP contribution in [-0.2, 0) is 9.53 Å². The van der Waals surface area contributed by atoms with Crippen LogP contribution in [0.25, 0.3) is 0 Å². The molecule has 5 nitrogen and oxygen atoms in total. The highest BCUT2D eigenvalue weighted by Gasteiger charge is 2.12. The van der Waals surface area contributed by atoms with Crippen molar-refractivity contribution < 1.29 is 23.8 Å². The molecule has 0 aliphatic heterocycles. The molecule has 0 bridgehead atoms. The molecule has 1 aromatic rings. The molecule has 0 amide bonds. The quantitative estimate of drug-likeness (QED) is 0.330. The highest BCUT2D eigenvalue weighted by Crippen LogP contribution is 2.34. The van der Waals surface area contributed by atoms with Crippen LogP contribution in [0.2, 0.25) is 0 Å². The van der Waals surface area contributed by atoms with Crippen LogP contribution >= 0.6 is 22.6 Å². The fourth-order valence-electron chi connectivity index (χ4n) is 1.28. The third-order valence-electron chi connectivity index (χ3n) is 2.22. The van der Waals surface area contributed by atoms with E-state index in [0.29, 0.717) is 20.6 Å². The van der Waals surface area contributed by atoms with Gasteiger partial charge < -0.3 is 14.2 Å². The standard InChI is InChI=1S/C13H13IO5/c1-17-10-6-5-9(8-15)12(14)13(10)19-7-3-4-11(16)18-2/h3-6,8H,7H2,1-2H3/b4-3+. The minimum atomic E-state index is -0.452. The summed E-state index contributed by atoms with van der Waals surface area (Å²) in [7, 11) is 2.82. The van der Waals surface area contributed by atoms with Crippen molar-refractivity contribution in [1.29, 1.82) is 0 Å². The van der Waals surface area contributed by atoms with Crippen LogP contribution < -0.4 is 9.47 Å². The number of carbonyl (C=O) groups excluding carboxylic acids is 2. The van der Waals surface area contributed by atoms with Crippen LogP contribution in [0.3, 0.4) is 0 Å². The van der Waals surface area contributed by atoms with Crippen LogP contribution in [0.15, 0.2) is 24.3 Å². The molecule has 19 heavy (non-hydrogen) atoms. The lowest BCUT2D eigenvalue weighted by molar-refractivity contribution is -0.134. The van der Waals surface area contributed by atoms with E-state index in [4.69, 9.17) is 9.47 Å². The van der Waals surface area contributed by atoms with Crippen molar-refractivity contribution in [2.45, 2.75) is 0 Å². The Hall–Kier alpha value is -1.57. The van der Waals surface area contributed by atoms with Crippen LogP contribution in [-0.4, -0.2) is 33.1 Å². The van der Waals surface area contributed by atoms with E-state index in [1.807, 2.05) is 22.6 Å². The summed E-state index contributed by atoms with van der Waals surface area (Å²) >= 11 is 2.01. The molecule has 102 valence electrons. The van der Waals surface area contributed by atoms with E-state index in [1.165, 1.54) is 26.4 Å². The summed E-state index contributed by atoms with van der Waals surface area (Å²) in [5, 5.41) is 0. The van der Waals surface area contributed by atoms with Gasteiger partial charge in [-0.05, 0) is 40.8 Å². The molecule has 0 aromatic heterocycles. The summed E-state index contributed by atoms with van der Waals surface area (Å²) in [5.74, 6) is 0.551. The normalized spacial score (nSPS) is 10.3. The first-order chi connectivity index (χ1) is 9.13. The average Bonchev–Trinajstić information content (AvgIpc) is 2.44. The Kier molecular flexibility index (Phi) is 6.34. The molecule has 0 fully saturated rings. The largest absolute Gasteiger partial charge is 0.493 e. The summed E-state index contributed by atoms with van der Waals surface area (Å²) in [6.45, 7) is 0.170. The van der Waals surface area contributed by atoms with E-state index in [0.717, 1.165) is 6.29 Å². The van der Waals surface area contributed by atoms with Gasteiger partial charge in [-0.3, -0.25) is 4.79 Å². The van der Waals surface area contributed by atoms with Crippen LogP contribution in [0.1, 0.15) is 10.4 Å². The number of aldehydes is 1. The Morgan fingerprint density at radius 1 is 1.37 bits per heavy atom. The van der Waals surface area contributed by atoms with E-state index >= 15 is 0 Å². The molecule has 0 N–H and O–H groups in total. The number of methoxy groups -OCH3 is 2. The topological polar surface area (TPSA) is 61.8 Å². The number of esters is 1. The van der Waals surface area contributed by atoms with Gasteiger partial charge in [-0.2, -0.15) is 0 Å². The Bertz CT molecular complexity index is 496. The number of benzene rings is 1. The predicted octanol–water partition coefficient (Wildman–Crippen LogP) is 2.22. The molecular weight excluding hydrogens is 363 g/mol. The molecule has 0 saturated heterocycles. The van der Waals surface area contributed by atoms with E-state index in [-0.39, 0.29) is 6.61 Å². The Labute approximate surface area is 124 Å². The van der Waals surface area contributed by atoms with Gasteiger partial charge >= 0.3 is 5.97 Å². The first-order valence-corrected chi connectivity index (χ1v) is 6.40. The zero-order chi connectivity index (χ0) is 14.3. The molecule has 0 unspecified atom stereocenters. The number of hydrogen-bond acceptors (Lipinski definition) is 5. The number of halogens is 1. The smallest absolute Gasteiger partial charge is 0.330 e. The van der Waals surface area contributed by atoms with Gasteiger partial charge in [0.1, 0.15) is 6.61 Å². The Morgan fingerprint density at radius 2 is 2.11 bits per heavy atom. The van der Waals surface area contributed by atoms with Crippen molar-refractivity contribution in [1.82, 2.24) is 0 Å². The summed E-state index contributed by atoms with van der Waals surface area (Å²) < 4.78 is 15.8.